The highest BCUT2D eigenvalue weighted by Crippen LogP contribution is 2.15. The van der Waals surface area contributed by atoms with E-state index in [1.807, 2.05) is 0 Å². The molecule has 0 saturated heterocycles. The fourth-order valence-corrected chi connectivity index (χ4v) is 2.11. The summed E-state index contributed by atoms with van der Waals surface area (Å²) in [5, 5.41) is 3.35. The Morgan fingerprint density at radius 2 is 2.40 bits per heavy atom. The predicted octanol–water partition coefficient (Wildman–Crippen LogP) is 0.645. The Labute approximate surface area is 90.6 Å². The number of hydrogen-bond donors (Lipinski definition) is 1. The van der Waals surface area contributed by atoms with Gasteiger partial charge in [-0.3, -0.25) is 0 Å². The third-order valence-electron chi connectivity index (χ3n) is 2.97. The number of imidazole rings is 1. The third kappa shape index (κ3) is 2.21. The van der Waals surface area contributed by atoms with Crippen LogP contribution in [0, 0.1) is 0 Å². The van der Waals surface area contributed by atoms with Crippen molar-refractivity contribution in [1.29, 1.82) is 0 Å². The summed E-state index contributed by atoms with van der Waals surface area (Å²) in [4.78, 5) is 4.67. The molecule has 0 aliphatic carbocycles. The molecule has 0 radical (unpaired) electrons. The first-order valence-electron chi connectivity index (χ1n) is 5.56. The molecule has 0 fully saturated rings. The summed E-state index contributed by atoms with van der Waals surface area (Å²) >= 11 is 0. The summed E-state index contributed by atoms with van der Waals surface area (Å²) in [6.45, 7) is 2.81. The average Bonchev–Trinajstić information content (AvgIpc) is 2.57. The lowest BCUT2D eigenvalue weighted by Crippen LogP contribution is -2.24. The van der Waals surface area contributed by atoms with Gasteiger partial charge in [-0.05, 0) is 6.42 Å². The molecule has 1 aromatic rings. The van der Waals surface area contributed by atoms with Crippen molar-refractivity contribution in [2.75, 3.05) is 20.3 Å². The molecule has 4 nitrogen and oxygen atoms in total. The fourth-order valence-electron chi connectivity index (χ4n) is 2.11. The molecule has 0 unspecified atom stereocenters. The van der Waals surface area contributed by atoms with Gasteiger partial charge in [-0.15, -0.1) is 0 Å². The van der Waals surface area contributed by atoms with Crippen LogP contribution in [0.3, 0.4) is 0 Å². The monoisotopic (exact) mass is 209 g/mol. The lowest BCUT2D eigenvalue weighted by atomic mass is 10.2. The van der Waals surface area contributed by atoms with Gasteiger partial charge in [0.25, 0.3) is 0 Å². The van der Waals surface area contributed by atoms with Gasteiger partial charge in [0.15, 0.2) is 0 Å². The van der Waals surface area contributed by atoms with Crippen LogP contribution in [0.25, 0.3) is 0 Å². The van der Waals surface area contributed by atoms with Crippen molar-refractivity contribution in [2.24, 2.45) is 7.05 Å². The first kappa shape index (κ1) is 10.6. The minimum absolute atomic E-state index is 0.815. The molecule has 4 heteroatoms. The number of hydrogen-bond acceptors (Lipinski definition) is 3. The largest absolute Gasteiger partial charge is 0.385 e. The van der Waals surface area contributed by atoms with E-state index in [2.05, 4.69) is 21.9 Å². The van der Waals surface area contributed by atoms with Crippen molar-refractivity contribution < 1.29 is 4.74 Å². The van der Waals surface area contributed by atoms with Gasteiger partial charge in [0, 0.05) is 52.4 Å². The predicted molar refractivity (Wildman–Crippen MR) is 58.8 cm³/mol. The molecule has 0 spiro atoms. The summed E-state index contributed by atoms with van der Waals surface area (Å²) in [5.74, 6) is 1.20. The van der Waals surface area contributed by atoms with E-state index in [0.29, 0.717) is 0 Å². The molecule has 15 heavy (non-hydrogen) atoms. The van der Waals surface area contributed by atoms with Crippen LogP contribution in [0.4, 0.5) is 0 Å². The minimum Gasteiger partial charge on any atom is -0.385 e. The van der Waals surface area contributed by atoms with Crippen LogP contribution < -0.4 is 5.32 Å². The number of aromatic nitrogens is 2. The Kier molecular flexibility index (Phi) is 3.38. The van der Waals surface area contributed by atoms with Gasteiger partial charge < -0.3 is 14.6 Å². The minimum atomic E-state index is 0.815. The van der Waals surface area contributed by atoms with E-state index >= 15 is 0 Å². The van der Waals surface area contributed by atoms with E-state index in [1.54, 1.807) is 7.11 Å². The summed E-state index contributed by atoms with van der Waals surface area (Å²) in [6, 6.07) is 0. The van der Waals surface area contributed by atoms with Gasteiger partial charge in [0.1, 0.15) is 5.82 Å². The Bertz CT molecular complexity index is 333. The van der Waals surface area contributed by atoms with Crippen LogP contribution in [0.15, 0.2) is 0 Å². The van der Waals surface area contributed by atoms with Crippen molar-refractivity contribution in [3.63, 3.8) is 0 Å². The topological polar surface area (TPSA) is 39.1 Å². The van der Waals surface area contributed by atoms with E-state index in [9.17, 15) is 0 Å². The zero-order chi connectivity index (χ0) is 10.7. The number of ether oxygens (including phenoxy) is 1. The Balaban J connectivity index is 2.07. The highest BCUT2D eigenvalue weighted by Gasteiger charge is 2.16. The number of nitrogens with one attached hydrogen (secondary N) is 1. The van der Waals surface area contributed by atoms with Gasteiger partial charge >= 0.3 is 0 Å². The van der Waals surface area contributed by atoms with Crippen LogP contribution >= 0.6 is 0 Å². The maximum Gasteiger partial charge on any atom is 0.109 e. The van der Waals surface area contributed by atoms with E-state index in [0.717, 1.165) is 39.0 Å². The molecule has 1 aliphatic rings. The van der Waals surface area contributed by atoms with Crippen molar-refractivity contribution in [1.82, 2.24) is 14.9 Å². The van der Waals surface area contributed by atoms with Crippen LogP contribution in [-0.2, 0) is 31.2 Å². The van der Waals surface area contributed by atoms with Crippen molar-refractivity contribution in [3.05, 3.63) is 17.2 Å². The van der Waals surface area contributed by atoms with Crippen LogP contribution in [0.2, 0.25) is 0 Å². The van der Waals surface area contributed by atoms with E-state index in [-0.39, 0.29) is 0 Å². The molecule has 2 heterocycles. The maximum absolute atomic E-state index is 5.06. The molecule has 1 N–H and O–H groups in total. The van der Waals surface area contributed by atoms with Gasteiger partial charge in [0.05, 0.1) is 5.69 Å². The Morgan fingerprint density at radius 3 is 3.13 bits per heavy atom. The molecular formula is C11H19N3O. The lowest BCUT2D eigenvalue weighted by Gasteiger charge is -2.12. The quantitative estimate of drug-likeness (QED) is 0.740. The summed E-state index contributed by atoms with van der Waals surface area (Å²) in [6.07, 6.45) is 3.16. The Morgan fingerprint density at radius 1 is 1.53 bits per heavy atom. The van der Waals surface area contributed by atoms with E-state index in [1.165, 1.54) is 17.2 Å². The summed E-state index contributed by atoms with van der Waals surface area (Å²) in [7, 11) is 3.87. The lowest BCUT2D eigenvalue weighted by molar-refractivity contribution is 0.194. The Hall–Kier alpha value is -0.870. The normalized spacial score (nSPS) is 15.3. The molecule has 2 rings (SSSR count). The molecular weight excluding hydrogens is 190 g/mol. The van der Waals surface area contributed by atoms with Crippen molar-refractivity contribution >= 4 is 0 Å². The average molecular weight is 209 g/mol. The molecule has 1 aliphatic heterocycles. The first-order chi connectivity index (χ1) is 7.33. The highest BCUT2D eigenvalue weighted by atomic mass is 16.5. The number of fused-ring (bicyclic) bond motifs is 1. The number of nitrogens with zero attached hydrogens (tertiary/aromatic N) is 2. The van der Waals surface area contributed by atoms with Crippen molar-refractivity contribution in [3.8, 4) is 0 Å². The van der Waals surface area contributed by atoms with E-state index < -0.39 is 0 Å². The van der Waals surface area contributed by atoms with Gasteiger partial charge in [-0.25, -0.2) is 4.98 Å². The second-order valence-electron chi connectivity index (χ2n) is 4.00. The molecule has 0 bridgehead atoms. The maximum atomic E-state index is 5.06. The van der Waals surface area contributed by atoms with Crippen LogP contribution in [-0.4, -0.2) is 29.8 Å². The molecule has 84 valence electrons. The first-order valence-corrected chi connectivity index (χ1v) is 5.56. The van der Waals surface area contributed by atoms with Gasteiger partial charge in [-0.2, -0.15) is 0 Å². The highest BCUT2D eigenvalue weighted by molar-refractivity contribution is 5.19. The van der Waals surface area contributed by atoms with Crippen LogP contribution in [0.5, 0.6) is 0 Å². The molecule has 0 aromatic carbocycles. The third-order valence-corrected chi connectivity index (χ3v) is 2.97. The number of methoxy groups -OCH3 is 1. The standard InChI is InChI=1S/C11H19N3O/c1-14-10-5-6-12-8-9(10)13-11(14)4-3-7-15-2/h12H,3-8H2,1-2H3. The zero-order valence-electron chi connectivity index (χ0n) is 9.55. The second-order valence-corrected chi connectivity index (χ2v) is 4.00. The molecule has 0 saturated carbocycles. The fraction of sp³-hybridized carbons (Fsp3) is 0.727. The molecule has 0 amide bonds. The molecule has 1 aromatic heterocycles. The van der Waals surface area contributed by atoms with Gasteiger partial charge in [0.2, 0.25) is 0 Å². The summed E-state index contributed by atoms with van der Waals surface area (Å²) in [5.41, 5.74) is 2.64. The SMILES string of the molecule is COCCCc1nc2c(n1C)CCNC2. The van der Waals surface area contributed by atoms with E-state index in [4.69, 9.17) is 4.74 Å². The van der Waals surface area contributed by atoms with Crippen molar-refractivity contribution in [2.45, 2.75) is 25.8 Å². The number of aryl methyl sites for hydroxylation is 1. The number of rotatable bonds is 4. The molecule has 0 atom stereocenters. The smallest absolute Gasteiger partial charge is 0.109 e. The van der Waals surface area contributed by atoms with Gasteiger partial charge in [-0.1, -0.05) is 0 Å². The second kappa shape index (κ2) is 4.77. The zero-order valence-corrected chi connectivity index (χ0v) is 9.55. The van der Waals surface area contributed by atoms with Crippen LogP contribution in [0.1, 0.15) is 23.6 Å². The summed E-state index contributed by atoms with van der Waals surface area (Å²) < 4.78 is 7.31.